The van der Waals surface area contributed by atoms with Crippen molar-refractivity contribution in [2.24, 2.45) is 7.05 Å². The lowest BCUT2D eigenvalue weighted by molar-refractivity contribution is -0.139. The van der Waals surface area contributed by atoms with Gasteiger partial charge in [0.15, 0.2) is 0 Å². The number of nitrogens with one attached hydrogen (secondary N) is 2. The molecule has 1 saturated heterocycles. The van der Waals surface area contributed by atoms with E-state index in [0.717, 1.165) is 37.4 Å². The van der Waals surface area contributed by atoms with Crippen molar-refractivity contribution >= 4 is 11.8 Å². The second kappa shape index (κ2) is 9.67. The van der Waals surface area contributed by atoms with Gasteiger partial charge in [-0.1, -0.05) is 12.1 Å². The zero-order chi connectivity index (χ0) is 20.8. The average molecular weight is 401 g/mol. The van der Waals surface area contributed by atoms with E-state index in [1.165, 1.54) is 12.1 Å². The number of hydrogen-bond acceptors (Lipinski definition) is 4. The Bertz CT molecular complexity index is 828. The molecule has 3 rings (SSSR count). The maximum absolute atomic E-state index is 12.9. The van der Waals surface area contributed by atoms with Gasteiger partial charge in [-0.15, -0.1) is 0 Å². The van der Waals surface area contributed by atoms with Crippen LogP contribution in [-0.2, 0) is 23.2 Å². The van der Waals surface area contributed by atoms with Gasteiger partial charge in [0.1, 0.15) is 5.82 Å². The highest BCUT2D eigenvalue weighted by Crippen LogP contribution is 2.21. The number of aryl methyl sites for hydroxylation is 1. The van der Waals surface area contributed by atoms with E-state index in [0.29, 0.717) is 6.54 Å². The highest BCUT2D eigenvalue weighted by Gasteiger charge is 2.26. The second-order valence-corrected chi connectivity index (χ2v) is 7.42. The molecule has 1 fully saturated rings. The number of carbonyl (C=O) groups is 2. The van der Waals surface area contributed by atoms with Crippen LogP contribution in [0.1, 0.15) is 17.3 Å². The molecule has 7 nitrogen and oxygen atoms in total. The van der Waals surface area contributed by atoms with Crippen LogP contribution in [0, 0.1) is 5.82 Å². The quantitative estimate of drug-likeness (QED) is 0.706. The highest BCUT2D eigenvalue weighted by molar-refractivity contribution is 6.35. The first-order valence-corrected chi connectivity index (χ1v) is 9.78. The molecule has 0 bridgehead atoms. The summed E-state index contributed by atoms with van der Waals surface area (Å²) in [6.07, 6.45) is 1.98. The zero-order valence-corrected chi connectivity index (χ0v) is 16.9. The number of hydrogen-bond donors (Lipinski definition) is 2. The monoisotopic (exact) mass is 401 g/mol. The molecule has 0 radical (unpaired) electrons. The third-order valence-corrected chi connectivity index (χ3v) is 5.33. The third-order valence-electron chi connectivity index (χ3n) is 5.33. The first-order chi connectivity index (χ1) is 13.9. The van der Waals surface area contributed by atoms with E-state index < -0.39 is 11.8 Å². The molecule has 1 aromatic heterocycles. The summed E-state index contributed by atoms with van der Waals surface area (Å²) < 4.78 is 15.0. The van der Waals surface area contributed by atoms with Crippen LogP contribution < -0.4 is 10.6 Å². The van der Waals surface area contributed by atoms with E-state index >= 15 is 0 Å². The number of piperazine rings is 1. The Morgan fingerprint density at radius 2 is 1.66 bits per heavy atom. The lowest BCUT2D eigenvalue weighted by atomic mass is 10.1. The Hall–Kier alpha value is -2.71. The van der Waals surface area contributed by atoms with E-state index in [1.54, 1.807) is 12.1 Å². The van der Waals surface area contributed by atoms with Crippen molar-refractivity contribution in [3.63, 3.8) is 0 Å². The molecule has 0 aliphatic carbocycles. The zero-order valence-electron chi connectivity index (χ0n) is 16.9. The summed E-state index contributed by atoms with van der Waals surface area (Å²) in [4.78, 5) is 29.1. The van der Waals surface area contributed by atoms with Gasteiger partial charge in [-0.2, -0.15) is 0 Å². The maximum atomic E-state index is 12.9. The summed E-state index contributed by atoms with van der Waals surface area (Å²) >= 11 is 0. The molecule has 1 aliphatic rings. The fraction of sp³-hybridized carbons (Fsp3) is 0.429. The van der Waals surface area contributed by atoms with Gasteiger partial charge in [0.2, 0.25) is 0 Å². The van der Waals surface area contributed by atoms with Crippen molar-refractivity contribution in [3.05, 3.63) is 59.7 Å². The van der Waals surface area contributed by atoms with Gasteiger partial charge < -0.3 is 20.1 Å². The molecule has 156 valence electrons. The van der Waals surface area contributed by atoms with Crippen LogP contribution in [0.2, 0.25) is 0 Å². The Morgan fingerprint density at radius 1 is 1.00 bits per heavy atom. The third kappa shape index (κ3) is 5.65. The first-order valence-electron chi connectivity index (χ1n) is 9.78. The standard InChI is InChI=1S/C21H28FN5O2/c1-25-10-12-27(13-11-25)19(18-4-3-9-26(18)2)15-24-21(29)20(28)23-14-16-5-7-17(22)8-6-16/h3-9,19H,10-15H2,1-2H3,(H,23,28)(H,24,29). The first kappa shape index (κ1) is 21.0. The smallest absolute Gasteiger partial charge is 0.309 e. The van der Waals surface area contributed by atoms with Crippen LogP contribution in [0.5, 0.6) is 0 Å². The summed E-state index contributed by atoms with van der Waals surface area (Å²) in [5, 5.41) is 5.35. The van der Waals surface area contributed by atoms with E-state index in [2.05, 4.69) is 27.5 Å². The van der Waals surface area contributed by atoms with Crippen LogP contribution in [0.4, 0.5) is 4.39 Å². The summed E-state index contributed by atoms with van der Waals surface area (Å²) in [6.45, 7) is 4.26. The molecule has 2 aromatic rings. The van der Waals surface area contributed by atoms with Crippen molar-refractivity contribution in [2.45, 2.75) is 12.6 Å². The molecule has 2 N–H and O–H groups in total. The van der Waals surface area contributed by atoms with Gasteiger partial charge in [0.05, 0.1) is 6.04 Å². The predicted molar refractivity (Wildman–Crippen MR) is 108 cm³/mol. The number of carbonyl (C=O) groups excluding carboxylic acids is 2. The second-order valence-electron chi connectivity index (χ2n) is 7.42. The van der Waals surface area contributed by atoms with Crippen LogP contribution >= 0.6 is 0 Å². The van der Waals surface area contributed by atoms with Crippen molar-refractivity contribution in [2.75, 3.05) is 39.8 Å². The summed E-state index contributed by atoms with van der Waals surface area (Å²) in [5.74, 6) is -1.70. The maximum Gasteiger partial charge on any atom is 0.309 e. The van der Waals surface area contributed by atoms with Gasteiger partial charge in [-0.25, -0.2) is 4.39 Å². The minimum absolute atomic E-state index is 0.00227. The number of aromatic nitrogens is 1. The van der Waals surface area contributed by atoms with Gasteiger partial charge in [0, 0.05) is 58.2 Å². The molecule has 2 heterocycles. The minimum atomic E-state index is -0.696. The Balaban J connectivity index is 1.56. The number of halogens is 1. The molecule has 0 spiro atoms. The number of amides is 2. The topological polar surface area (TPSA) is 69.6 Å². The number of benzene rings is 1. The molecule has 8 heteroatoms. The van der Waals surface area contributed by atoms with Crippen molar-refractivity contribution in [3.8, 4) is 0 Å². The predicted octanol–water partition coefficient (Wildman–Crippen LogP) is 0.885. The van der Waals surface area contributed by atoms with Gasteiger partial charge in [-0.3, -0.25) is 14.5 Å². The highest BCUT2D eigenvalue weighted by atomic mass is 19.1. The van der Waals surface area contributed by atoms with E-state index in [9.17, 15) is 14.0 Å². The molecule has 0 saturated carbocycles. The summed E-state index contributed by atoms with van der Waals surface area (Å²) in [6, 6.07) is 9.82. The molecule has 2 amide bonds. The number of nitrogens with zero attached hydrogens (tertiary/aromatic N) is 3. The molecule has 1 aromatic carbocycles. The van der Waals surface area contributed by atoms with E-state index in [1.807, 2.05) is 29.9 Å². The van der Waals surface area contributed by atoms with Crippen LogP contribution in [0.15, 0.2) is 42.6 Å². The Morgan fingerprint density at radius 3 is 2.28 bits per heavy atom. The van der Waals surface area contributed by atoms with Crippen LogP contribution in [-0.4, -0.2) is 66.0 Å². The normalized spacial score (nSPS) is 16.4. The fourth-order valence-corrected chi connectivity index (χ4v) is 3.51. The molecular formula is C21H28FN5O2. The van der Waals surface area contributed by atoms with Crippen molar-refractivity contribution in [1.82, 2.24) is 25.0 Å². The van der Waals surface area contributed by atoms with Gasteiger partial charge in [0.25, 0.3) is 0 Å². The van der Waals surface area contributed by atoms with Crippen LogP contribution in [0.3, 0.4) is 0 Å². The minimum Gasteiger partial charge on any atom is -0.353 e. The van der Waals surface area contributed by atoms with E-state index in [-0.39, 0.29) is 18.4 Å². The van der Waals surface area contributed by atoms with E-state index in [4.69, 9.17) is 0 Å². The largest absolute Gasteiger partial charge is 0.353 e. The van der Waals surface area contributed by atoms with Gasteiger partial charge >= 0.3 is 11.8 Å². The average Bonchev–Trinajstić information content (AvgIpc) is 3.14. The SMILES string of the molecule is CN1CCN(C(CNC(=O)C(=O)NCc2ccc(F)cc2)c2cccn2C)CC1. The summed E-state index contributed by atoms with van der Waals surface area (Å²) in [7, 11) is 4.08. The molecule has 29 heavy (non-hydrogen) atoms. The van der Waals surface area contributed by atoms with Crippen molar-refractivity contribution < 1.29 is 14.0 Å². The molecule has 1 atom stereocenters. The lowest BCUT2D eigenvalue weighted by Crippen LogP contribution is -2.50. The molecule has 1 unspecified atom stereocenters. The van der Waals surface area contributed by atoms with Crippen molar-refractivity contribution in [1.29, 1.82) is 0 Å². The number of rotatable bonds is 6. The molecular weight excluding hydrogens is 373 g/mol. The fourth-order valence-electron chi connectivity index (χ4n) is 3.51. The number of likely N-dealkylation sites (N-methyl/N-ethyl adjacent to an activating group) is 1. The van der Waals surface area contributed by atoms with Crippen LogP contribution in [0.25, 0.3) is 0 Å². The van der Waals surface area contributed by atoms with Gasteiger partial charge in [-0.05, 0) is 36.9 Å². The Kier molecular flexibility index (Phi) is 7.00. The Labute approximate surface area is 170 Å². The summed E-state index contributed by atoms with van der Waals surface area (Å²) in [5.41, 5.74) is 1.83. The molecule has 1 aliphatic heterocycles. The lowest BCUT2D eigenvalue weighted by Gasteiger charge is -2.38.